The Bertz CT molecular complexity index is 1510. The van der Waals surface area contributed by atoms with Crippen molar-refractivity contribution < 1.29 is 22.0 Å². The number of fused-ring (bicyclic) bond motifs is 2. The molecule has 9 heteroatoms. The van der Waals surface area contributed by atoms with Gasteiger partial charge in [-0.25, -0.2) is 17.5 Å². The summed E-state index contributed by atoms with van der Waals surface area (Å²) >= 11 is 0. The van der Waals surface area contributed by atoms with Crippen LogP contribution in [0.25, 0.3) is 21.7 Å². The minimum absolute atomic E-state index is 0.0283. The number of benzene rings is 3. The zero-order chi connectivity index (χ0) is 23.3. The molecule has 0 spiro atoms. The van der Waals surface area contributed by atoms with Crippen molar-refractivity contribution in [2.75, 3.05) is 37.0 Å². The molecular weight excluding hydrogens is 445 g/mol. The van der Waals surface area contributed by atoms with Gasteiger partial charge < -0.3 is 14.2 Å². The first-order valence-electron chi connectivity index (χ1n) is 10.5. The van der Waals surface area contributed by atoms with Crippen LogP contribution >= 0.6 is 0 Å². The highest BCUT2D eigenvalue weighted by Crippen LogP contribution is 2.32. The van der Waals surface area contributed by atoms with Crippen LogP contribution in [0.15, 0.2) is 63.9 Å². The van der Waals surface area contributed by atoms with Crippen LogP contribution in [0.1, 0.15) is 17.0 Å². The van der Waals surface area contributed by atoms with E-state index in [9.17, 15) is 17.6 Å². The van der Waals surface area contributed by atoms with Crippen LogP contribution in [0.4, 0.5) is 15.8 Å². The molecule has 0 unspecified atom stereocenters. The molecule has 0 saturated carbocycles. The van der Waals surface area contributed by atoms with Crippen LogP contribution in [0.2, 0.25) is 0 Å². The maximum absolute atomic E-state index is 14.6. The molecule has 2 heterocycles. The van der Waals surface area contributed by atoms with E-state index in [0.29, 0.717) is 11.1 Å². The molecule has 0 bridgehead atoms. The highest BCUT2D eigenvalue weighted by molar-refractivity contribution is 7.90. The topological polar surface area (TPSA) is 82.9 Å². The Morgan fingerprint density at radius 1 is 1.03 bits per heavy atom. The molecule has 1 aromatic heterocycles. The van der Waals surface area contributed by atoms with Gasteiger partial charge in [0.2, 0.25) is 0 Å². The SMILES string of the molecule is CN(C)c1cccc2c(S(=O)(=O)NC(=O)c3cc4c(F)cc(N5CCC5)cc4o3)cccc12. The van der Waals surface area contributed by atoms with E-state index in [1.165, 1.54) is 18.2 Å². The molecule has 0 radical (unpaired) electrons. The molecule has 1 amide bonds. The molecule has 0 atom stereocenters. The van der Waals surface area contributed by atoms with Gasteiger partial charge in [0.15, 0.2) is 5.76 Å². The zero-order valence-corrected chi connectivity index (χ0v) is 18.9. The van der Waals surface area contributed by atoms with E-state index in [1.807, 2.05) is 36.0 Å². The van der Waals surface area contributed by atoms with Gasteiger partial charge in [0, 0.05) is 61.5 Å². The van der Waals surface area contributed by atoms with Crippen LogP contribution in [0, 0.1) is 5.82 Å². The van der Waals surface area contributed by atoms with Crippen molar-refractivity contribution in [2.45, 2.75) is 11.3 Å². The largest absolute Gasteiger partial charge is 0.451 e. The summed E-state index contributed by atoms with van der Waals surface area (Å²) in [4.78, 5) is 16.6. The highest BCUT2D eigenvalue weighted by atomic mass is 32.2. The third-order valence-electron chi connectivity index (χ3n) is 5.87. The van der Waals surface area contributed by atoms with E-state index < -0.39 is 21.7 Å². The monoisotopic (exact) mass is 467 g/mol. The van der Waals surface area contributed by atoms with Crippen molar-refractivity contribution in [1.82, 2.24) is 4.72 Å². The summed E-state index contributed by atoms with van der Waals surface area (Å²) in [5, 5.41) is 1.35. The summed E-state index contributed by atoms with van der Waals surface area (Å²) in [7, 11) is -0.487. The summed E-state index contributed by atoms with van der Waals surface area (Å²) in [6.07, 6.45) is 1.04. The number of carbonyl (C=O) groups is 1. The van der Waals surface area contributed by atoms with Crippen LogP contribution in [-0.2, 0) is 10.0 Å². The molecule has 0 aliphatic carbocycles. The van der Waals surface area contributed by atoms with E-state index >= 15 is 0 Å². The Morgan fingerprint density at radius 2 is 1.76 bits per heavy atom. The summed E-state index contributed by atoms with van der Waals surface area (Å²) in [5.74, 6) is -1.76. The Morgan fingerprint density at radius 3 is 2.45 bits per heavy atom. The number of sulfonamides is 1. The second-order valence-corrected chi connectivity index (χ2v) is 9.90. The quantitative estimate of drug-likeness (QED) is 0.476. The maximum Gasteiger partial charge on any atom is 0.300 e. The van der Waals surface area contributed by atoms with Gasteiger partial charge in [-0.05, 0) is 24.6 Å². The van der Waals surface area contributed by atoms with Gasteiger partial charge in [0.1, 0.15) is 11.4 Å². The average molecular weight is 468 g/mol. The van der Waals surface area contributed by atoms with Crippen LogP contribution in [0.3, 0.4) is 0 Å². The van der Waals surface area contributed by atoms with E-state index in [0.717, 1.165) is 30.6 Å². The van der Waals surface area contributed by atoms with Crippen molar-refractivity contribution in [3.8, 4) is 0 Å². The van der Waals surface area contributed by atoms with Gasteiger partial charge in [0.25, 0.3) is 10.0 Å². The van der Waals surface area contributed by atoms with Crippen LogP contribution in [-0.4, -0.2) is 41.5 Å². The molecule has 1 fully saturated rings. The summed E-state index contributed by atoms with van der Waals surface area (Å²) < 4.78 is 48.4. The second-order valence-electron chi connectivity index (χ2n) is 8.25. The van der Waals surface area contributed by atoms with Gasteiger partial charge >= 0.3 is 5.91 Å². The summed E-state index contributed by atoms with van der Waals surface area (Å²) in [6.45, 7) is 1.66. The number of hydrogen-bond donors (Lipinski definition) is 1. The zero-order valence-electron chi connectivity index (χ0n) is 18.1. The fourth-order valence-corrected chi connectivity index (χ4v) is 5.25. The molecule has 33 heavy (non-hydrogen) atoms. The third-order valence-corrected chi connectivity index (χ3v) is 7.26. The predicted molar refractivity (Wildman–Crippen MR) is 126 cm³/mol. The van der Waals surface area contributed by atoms with Gasteiger partial charge in [-0.2, -0.15) is 0 Å². The third kappa shape index (κ3) is 3.68. The van der Waals surface area contributed by atoms with E-state index in [4.69, 9.17) is 4.42 Å². The van der Waals surface area contributed by atoms with Gasteiger partial charge in [0.05, 0.1) is 10.3 Å². The molecule has 4 aromatic rings. The number of halogens is 1. The van der Waals surface area contributed by atoms with Crippen molar-refractivity contribution in [1.29, 1.82) is 0 Å². The van der Waals surface area contributed by atoms with Crippen molar-refractivity contribution in [3.05, 3.63) is 66.2 Å². The fourth-order valence-electron chi connectivity index (χ4n) is 4.07. The average Bonchev–Trinajstić information content (AvgIpc) is 3.16. The van der Waals surface area contributed by atoms with Crippen LogP contribution < -0.4 is 14.5 Å². The minimum atomic E-state index is -4.22. The normalized spacial score (nSPS) is 13.8. The van der Waals surface area contributed by atoms with E-state index in [-0.39, 0.29) is 21.6 Å². The lowest BCUT2D eigenvalue weighted by Gasteiger charge is -2.33. The molecular formula is C24H22FN3O4S. The predicted octanol–water partition coefficient (Wildman–Crippen LogP) is 4.12. The number of carbonyl (C=O) groups excluding carboxylic acids is 1. The lowest BCUT2D eigenvalue weighted by Crippen LogP contribution is -2.36. The first kappa shape index (κ1) is 21.3. The van der Waals surface area contributed by atoms with E-state index in [2.05, 4.69) is 4.72 Å². The Hall–Kier alpha value is -3.59. The minimum Gasteiger partial charge on any atom is -0.451 e. The first-order chi connectivity index (χ1) is 15.7. The van der Waals surface area contributed by atoms with E-state index in [1.54, 1.807) is 24.3 Å². The lowest BCUT2D eigenvalue weighted by molar-refractivity contribution is 0.0956. The second kappa shape index (κ2) is 7.77. The van der Waals surface area contributed by atoms with Gasteiger partial charge in [-0.3, -0.25) is 4.79 Å². The first-order valence-corrected chi connectivity index (χ1v) is 12.0. The maximum atomic E-state index is 14.6. The fraction of sp³-hybridized carbons (Fsp3) is 0.208. The summed E-state index contributed by atoms with van der Waals surface area (Å²) in [5.41, 5.74) is 1.72. The summed E-state index contributed by atoms with van der Waals surface area (Å²) in [6, 6.07) is 14.5. The lowest BCUT2D eigenvalue weighted by atomic mass is 10.1. The number of rotatable bonds is 5. The molecule has 1 aliphatic rings. The van der Waals surface area contributed by atoms with Gasteiger partial charge in [-0.15, -0.1) is 0 Å². The standard InChI is InChI=1S/C24H22FN3O4S/c1-27(2)20-8-3-7-17-16(20)6-4-9-23(17)33(30,31)26-24(29)22-14-18-19(25)12-15(13-21(18)32-22)28-10-5-11-28/h3-4,6-9,12-14H,5,10-11H2,1-2H3,(H,26,29). The number of nitrogens with zero attached hydrogens (tertiary/aromatic N) is 2. The van der Waals surface area contributed by atoms with Crippen molar-refractivity contribution >= 4 is 49.0 Å². The molecule has 1 saturated heterocycles. The Kier molecular flexibility index (Phi) is 5.01. The number of amides is 1. The number of furan rings is 1. The number of hydrogen-bond acceptors (Lipinski definition) is 6. The molecule has 1 N–H and O–H groups in total. The van der Waals surface area contributed by atoms with Crippen molar-refractivity contribution in [2.24, 2.45) is 0 Å². The number of anilines is 2. The molecule has 170 valence electrons. The Labute approximate surface area is 190 Å². The molecule has 3 aromatic carbocycles. The van der Waals surface area contributed by atoms with Crippen molar-refractivity contribution in [3.63, 3.8) is 0 Å². The molecule has 7 nitrogen and oxygen atoms in total. The smallest absolute Gasteiger partial charge is 0.300 e. The molecule has 5 rings (SSSR count). The molecule has 1 aliphatic heterocycles. The van der Waals surface area contributed by atoms with Crippen LogP contribution in [0.5, 0.6) is 0 Å². The number of nitrogens with one attached hydrogen (secondary N) is 1. The Balaban J connectivity index is 1.49. The van der Waals surface area contributed by atoms with Gasteiger partial charge in [-0.1, -0.05) is 24.3 Å². The highest BCUT2D eigenvalue weighted by Gasteiger charge is 2.25.